The molecule has 1 saturated heterocycles. The van der Waals surface area contributed by atoms with Gasteiger partial charge in [0.1, 0.15) is 0 Å². The first-order valence-electron chi connectivity index (χ1n) is 10.1. The van der Waals surface area contributed by atoms with E-state index in [0.717, 1.165) is 24.8 Å². The molecular formula is C21H30N2O5. The number of aliphatic carboxylic acids is 1. The van der Waals surface area contributed by atoms with Crippen LogP contribution >= 0.6 is 0 Å². The van der Waals surface area contributed by atoms with E-state index in [4.69, 9.17) is 9.84 Å². The summed E-state index contributed by atoms with van der Waals surface area (Å²) in [5.74, 6) is -0.830. The smallest absolute Gasteiger partial charge is 0.318 e. The van der Waals surface area contributed by atoms with Crippen LogP contribution in [0.1, 0.15) is 37.7 Å². The van der Waals surface area contributed by atoms with Crippen molar-refractivity contribution >= 4 is 12.0 Å². The maximum absolute atomic E-state index is 13.0. The van der Waals surface area contributed by atoms with Gasteiger partial charge in [-0.2, -0.15) is 0 Å². The van der Waals surface area contributed by atoms with E-state index < -0.39 is 12.1 Å². The Labute approximate surface area is 165 Å². The van der Waals surface area contributed by atoms with Gasteiger partial charge in [0.25, 0.3) is 0 Å². The number of carbonyl (C=O) groups excluding carboxylic acids is 1. The molecule has 0 radical (unpaired) electrons. The zero-order valence-electron chi connectivity index (χ0n) is 16.1. The predicted octanol–water partition coefficient (Wildman–Crippen LogP) is 2.03. The molecule has 1 aromatic rings. The van der Waals surface area contributed by atoms with Gasteiger partial charge >= 0.3 is 12.0 Å². The van der Waals surface area contributed by atoms with Gasteiger partial charge in [0.15, 0.2) is 0 Å². The van der Waals surface area contributed by atoms with Gasteiger partial charge in [-0.05, 0) is 31.2 Å². The number of urea groups is 1. The highest BCUT2D eigenvalue weighted by atomic mass is 16.5. The van der Waals surface area contributed by atoms with Crippen LogP contribution in [0.15, 0.2) is 30.3 Å². The highest BCUT2D eigenvalue weighted by Gasteiger charge is 2.39. The minimum Gasteiger partial charge on any atom is -0.481 e. The number of morpholine rings is 1. The molecule has 7 nitrogen and oxygen atoms in total. The molecule has 1 saturated carbocycles. The van der Waals surface area contributed by atoms with Crippen LogP contribution in [0.4, 0.5) is 4.79 Å². The Morgan fingerprint density at radius 3 is 2.71 bits per heavy atom. The lowest BCUT2D eigenvalue weighted by molar-refractivity contribution is -0.137. The number of aliphatic hydroxyl groups excluding tert-OH is 1. The number of amides is 2. The first-order valence-corrected chi connectivity index (χ1v) is 10.1. The average molecular weight is 390 g/mol. The molecule has 2 amide bonds. The van der Waals surface area contributed by atoms with E-state index in [0.29, 0.717) is 32.6 Å². The Kier molecular flexibility index (Phi) is 7.28. The molecular weight excluding hydrogens is 360 g/mol. The summed E-state index contributed by atoms with van der Waals surface area (Å²) in [6, 6.07) is 9.17. The van der Waals surface area contributed by atoms with E-state index in [-0.39, 0.29) is 30.5 Å². The molecule has 2 fully saturated rings. The number of nitrogens with zero attached hydrogens (tertiary/aromatic N) is 1. The third kappa shape index (κ3) is 5.45. The third-order valence-electron chi connectivity index (χ3n) is 5.81. The lowest BCUT2D eigenvalue weighted by Crippen LogP contribution is -2.57. The standard InChI is InChI=1S/C21H30N2O5/c24-19-8-4-7-17(19)18-14-28-12-11-23(18)21(27)22-16(9-10-20(25)26)13-15-5-2-1-3-6-15/h1-3,5-6,16-19,24H,4,7-14H2,(H,22,27)(H,25,26). The minimum atomic E-state index is -0.870. The van der Waals surface area contributed by atoms with Crippen molar-refractivity contribution in [1.29, 1.82) is 0 Å². The third-order valence-corrected chi connectivity index (χ3v) is 5.81. The van der Waals surface area contributed by atoms with Crippen molar-refractivity contribution in [2.75, 3.05) is 19.8 Å². The second-order valence-corrected chi connectivity index (χ2v) is 7.77. The quantitative estimate of drug-likeness (QED) is 0.662. The van der Waals surface area contributed by atoms with Crippen LogP contribution in [0, 0.1) is 5.92 Å². The molecule has 1 aromatic carbocycles. The number of rotatable bonds is 7. The largest absolute Gasteiger partial charge is 0.481 e. The number of carbonyl (C=O) groups is 2. The zero-order chi connectivity index (χ0) is 19.9. The number of benzene rings is 1. The molecule has 1 heterocycles. The number of aliphatic hydroxyl groups is 1. The summed E-state index contributed by atoms with van der Waals surface area (Å²) >= 11 is 0. The summed E-state index contributed by atoms with van der Waals surface area (Å²) in [6.07, 6.45) is 3.20. The molecule has 28 heavy (non-hydrogen) atoms. The number of hydrogen-bond donors (Lipinski definition) is 3. The molecule has 1 aliphatic carbocycles. The topological polar surface area (TPSA) is 99.1 Å². The molecule has 3 N–H and O–H groups in total. The fourth-order valence-electron chi connectivity index (χ4n) is 4.33. The van der Waals surface area contributed by atoms with Gasteiger partial charge in [-0.3, -0.25) is 4.79 Å². The number of ether oxygens (including phenoxy) is 1. The summed E-state index contributed by atoms with van der Waals surface area (Å²) in [4.78, 5) is 25.9. The second-order valence-electron chi connectivity index (χ2n) is 7.77. The Morgan fingerprint density at radius 1 is 1.25 bits per heavy atom. The Bertz CT molecular complexity index is 653. The van der Waals surface area contributed by atoms with E-state index >= 15 is 0 Å². The Morgan fingerprint density at radius 2 is 2.04 bits per heavy atom. The minimum absolute atomic E-state index is 0.00561. The van der Waals surface area contributed by atoms with E-state index in [1.54, 1.807) is 4.90 Å². The van der Waals surface area contributed by atoms with Crippen LogP contribution in [0.3, 0.4) is 0 Å². The van der Waals surface area contributed by atoms with Gasteiger partial charge in [0, 0.05) is 24.9 Å². The van der Waals surface area contributed by atoms with Gasteiger partial charge in [0.2, 0.25) is 0 Å². The first kappa shape index (κ1) is 20.6. The van der Waals surface area contributed by atoms with Gasteiger partial charge in [-0.1, -0.05) is 36.8 Å². The molecule has 0 spiro atoms. The first-order chi connectivity index (χ1) is 13.5. The Balaban J connectivity index is 1.67. The van der Waals surface area contributed by atoms with Crippen LogP contribution in [-0.2, 0) is 16.0 Å². The van der Waals surface area contributed by atoms with Gasteiger partial charge in [0.05, 0.1) is 25.4 Å². The van der Waals surface area contributed by atoms with Crippen molar-refractivity contribution in [3.8, 4) is 0 Å². The monoisotopic (exact) mass is 390 g/mol. The van der Waals surface area contributed by atoms with E-state index in [1.165, 1.54) is 0 Å². The number of carboxylic acids is 1. The predicted molar refractivity (Wildman–Crippen MR) is 104 cm³/mol. The fourth-order valence-corrected chi connectivity index (χ4v) is 4.33. The van der Waals surface area contributed by atoms with Crippen LogP contribution in [0.2, 0.25) is 0 Å². The van der Waals surface area contributed by atoms with Crippen molar-refractivity contribution in [2.45, 2.75) is 56.7 Å². The maximum Gasteiger partial charge on any atom is 0.318 e. The lowest BCUT2D eigenvalue weighted by Gasteiger charge is -2.40. The highest BCUT2D eigenvalue weighted by molar-refractivity contribution is 5.75. The summed E-state index contributed by atoms with van der Waals surface area (Å²) in [6.45, 7) is 1.40. The van der Waals surface area contributed by atoms with Crippen LogP contribution < -0.4 is 5.32 Å². The molecule has 4 unspecified atom stereocenters. The van der Waals surface area contributed by atoms with Gasteiger partial charge in [-0.15, -0.1) is 0 Å². The molecule has 154 valence electrons. The summed E-state index contributed by atoms with van der Waals surface area (Å²) in [5, 5.41) is 22.4. The number of nitrogens with one attached hydrogen (secondary N) is 1. The van der Waals surface area contributed by atoms with Crippen LogP contribution in [-0.4, -0.2) is 65.1 Å². The molecule has 3 rings (SSSR count). The fraction of sp³-hybridized carbons (Fsp3) is 0.619. The van der Waals surface area contributed by atoms with Crippen LogP contribution in [0.25, 0.3) is 0 Å². The van der Waals surface area contributed by atoms with E-state index in [9.17, 15) is 14.7 Å². The number of hydrogen-bond acceptors (Lipinski definition) is 4. The maximum atomic E-state index is 13.0. The summed E-state index contributed by atoms with van der Waals surface area (Å²) < 4.78 is 5.59. The van der Waals surface area contributed by atoms with E-state index in [1.807, 2.05) is 30.3 Å². The number of carboxylic acid groups (broad SMARTS) is 1. The van der Waals surface area contributed by atoms with Crippen molar-refractivity contribution in [3.05, 3.63) is 35.9 Å². The van der Waals surface area contributed by atoms with Gasteiger partial charge < -0.3 is 25.2 Å². The van der Waals surface area contributed by atoms with Gasteiger partial charge in [-0.25, -0.2) is 4.79 Å². The van der Waals surface area contributed by atoms with E-state index in [2.05, 4.69) is 5.32 Å². The molecule has 2 aliphatic rings. The molecule has 0 bridgehead atoms. The van der Waals surface area contributed by atoms with Crippen molar-refractivity contribution in [2.24, 2.45) is 5.92 Å². The molecule has 7 heteroatoms. The van der Waals surface area contributed by atoms with Crippen LogP contribution in [0.5, 0.6) is 0 Å². The normalized spacial score (nSPS) is 26.0. The highest BCUT2D eigenvalue weighted by Crippen LogP contribution is 2.32. The molecule has 1 aliphatic heterocycles. The SMILES string of the molecule is O=C(O)CCC(Cc1ccccc1)NC(=O)N1CCOCC1C1CCCC1O. The Hall–Kier alpha value is -2.12. The summed E-state index contributed by atoms with van der Waals surface area (Å²) in [7, 11) is 0. The van der Waals surface area contributed by atoms with Crippen molar-refractivity contribution in [3.63, 3.8) is 0 Å². The summed E-state index contributed by atoms with van der Waals surface area (Å²) in [5.41, 5.74) is 1.06. The van der Waals surface area contributed by atoms with Crippen molar-refractivity contribution < 1.29 is 24.5 Å². The molecule has 4 atom stereocenters. The zero-order valence-corrected chi connectivity index (χ0v) is 16.1. The second kappa shape index (κ2) is 9.89. The average Bonchev–Trinajstić information content (AvgIpc) is 3.12. The lowest BCUT2D eigenvalue weighted by atomic mass is 9.94. The molecule has 0 aromatic heterocycles. The van der Waals surface area contributed by atoms with Crippen molar-refractivity contribution in [1.82, 2.24) is 10.2 Å².